The van der Waals surface area contributed by atoms with Crippen molar-refractivity contribution in [1.29, 1.82) is 0 Å². The number of benzene rings is 1. The van der Waals surface area contributed by atoms with Gasteiger partial charge < -0.3 is 14.5 Å². The standard InChI is InChI=1S/C20H24N4O/c1-15-6-5-9-20-22-16(14-24(15)20)13-23-11-10-21-12-18(23)17-7-3-4-8-19(17)25-2/h3-9,14,18,21H,10-13H2,1-2H3. The third-order valence-corrected chi connectivity index (χ3v) is 4.96. The average molecular weight is 336 g/mol. The number of hydrogen-bond donors (Lipinski definition) is 1. The maximum absolute atomic E-state index is 5.59. The van der Waals surface area contributed by atoms with Crippen LogP contribution >= 0.6 is 0 Å². The first-order valence-corrected chi connectivity index (χ1v) is 8.77. The first-order chi connectivity index (χ1) is 12.3. The van der Waals surface area contributed by atoms with E-state index in [9.17, 15) is 0 Å². The Hall–Kier alpha value is -2.37. The highest BCUT2D eigenvalue weighted by Crippen LogP contribution is 2.31. The quantitative estimate of drug-likeness (QED) is 0.795. The lowest BCUT2D eigenvalue weighted by molar-refractivity contribution is 0.149. The Morgan fingerprint density at radius 1 is 1.20 bits per heavy atom. The Labute approximate surface area is 148 Å². The van der Waals surface area contributed by atoms with E-state index in [2.05, 4.69) is 58.1 Å². The minimum atomic E-state index is 0.288. The van der Waals surface area contributed by atoms with E-state index in [1.165, 1.54) is 11.3 Å². The summed E-state index contributed by atoms with van der Waals surface area (Å²) in [5, 5.41) is 3.51. The summed E-state index contributed by atoms with van der Waals surface area (Å²) < 4.78 is 7.75. The molecule has 0 amide bonds. The van der Waals surface area contributed by atoms with Crippen LogP contribution in [0, 0.1) is 6.92 Å². The second kappa shape index (κ2) is 6.86. The normalized spacial score (nSPS) is 18.6. The molecule has 1 N–H and O–H groups in total. The number of fused-ring (bicyclic) bond motifs is 1. The van der Waals surface area contributed by atoms with Crippen molar-refractivity contribution in [3.05, 3.63) is 65.6 Å². The summed E-state index contributed by atoms with van der Waals surface area (Å²) in [6, 6.07) is 14.8. The first kappa shape index (κ1) is 16.1. The maximum Gasteiger partial charge on any atom is 0.137 e. The Kier molecular flexibility index (Phi) is 4.42. The molecule has 0 radical (unpaired) electrons. The largest absolute Gasteiger partial charge is 0.496 e. The summed E-state index contributed by atoms with van der Waals surface area (Å²) in [6.07, 6.45) is 2.16. The van der Waals surface area contributed by atoms with Crippen molar-refractivity contribution in [2.75, 3.05) is 26.7 Å². The van der Waals surface area contributed by atoms with Crippen LogP contribution in [-0.2, 0) is 6.54 Å². The van der Waals surface area contributed by atoms with Gasteiger partial charge in [-0.25, -0.2) is 4.98 Å². The van der Waals surface area contributed by atoms with Crippen LogP contribution in [0.3, 0.4) is 0 Å². The predicted molar refractivity (Wildman–Crippen MR) is 98.9 cm³/mol. The summed E-state index contributed by atoms with van der Waals surface area (Å²) >= 11 is 0. The number of aryl methyl sites for hydroxylation is 1. The zero-order valence-corrected chi connectivity index (χ0v) is 14.8. The van der Waals surface area contributed by atoms with Crippen LogP contribution in [0.5, 0.6) is 5.75 Å². The SMILES string of the molecule is COc1ccccc1C1CNCCN1Cc1cn2c(C)cccc2n1. The number of methoxy groups -OCH3 is 1. The monoisotopic (exact) mass is 336 g/mol. The smallest absolute Gasteiger partial charge is 0.137 e. The number of imidazole rings is 1. The fourth-order valence-corrected chi connectivity index (χ4v) is 3.67. The highest BCUT2D eigenvalue weighted by atomic mass is 16.5. The maximum atomic E-state index is 5.59. The molecule has 1 saturated heterocycles. The van der Waals surface area contributed by atoms with Gasteiger partial charge in [0.15, 0.2) is 0 Å². The molecule has 2 aromatic heterocycles. The average Bonchev–Trinajstić information content (AvgIpc) is 3.06. The van der Waals surface area contributed by atoms with E-state index in [0.29, 0.717) is 0 Å². The lowest BCUT2D eigenvalue weighted by Gasteiger charge is -2.36. The molecule has 3 heterocycles. The van der Waals surface area contributed by atoms with E-state index >= 15 is 0 Å². The minimum absolute atomic E-state index is 0.288. The molecule has 1 aliphatic heterocycles. The summed E-state index contributed by atoms with van der Waals surface area (Å²) in [7, 11) is 1.74. The number of para-hydroxylation sites is 1. The van der Waals surface area contributed by atoms with Gasteiger partial charge in [0, 0.05) is 43.6 Å². The summed E-state index contributed by atoms with van der Waals surface area (Å²) in [4.78, 5) is 7.30. The molecule has 25 heavy (non-hydrogen) atoms. The van der Waals surface area contributed by atoms with Crippen molar-refractivity contribution in [3.8, 4) is 5.75 Å². The van der Waals surface area contributed by atoms with Crippen LogP contribution in [0.1, 0.15) is 23.0 Å². The topological polar surface area (TPSA) is 41.8 Å². The fourth-order valence-electron chi connectivity index (χ4n) is 3.67. The van der Waals surface area contributed by atoms with Gasteiger partial charge in [0.25, 0.3) is 0 Å². The van der Waals surface area contributed by atoms with Crippen molar-refractivity contribution >= 4 is 5.65 Å². The Morgan fingerprint density at radius 2 is 2.08 bits per heavy atom. The molecule has 5 nitrogen and oxygen atoms in total. The molecule has 1 aliphatic rings. The molecule has 1 fully saturated rings. The molecule has 0 aliphatic carbocycles. The molecular formula is C20H24N4O. The number of aromatic nitrogens is 2. The second-order valence-corrected chi connectivity index (χ2v) is 6.56. The summed E-state index contributed by atoms with van der Waals surface area (Å²) in [6.45, 7) is 5.87. The van der Waals surface area contributed by atoms with Gasteiger partial charge in [0.05, 0.1) is 18.8 Å². The first-order valence-electron chi connectivity index (χ1n) is 8.77. The van der Waals surface area contributed by atoms with Gasteiger partial charge in [-0.1, -0.05) is 24.3 Å². The Bertz CT molecular complexity index is 873. The van der Waals surface area contributed by atoms with Gasteiger partial charge in [-0.05, 0) is 25.1 Å². The van der Waals surface area contributed by atoms with Gasteiger partial charge in [-0.2, -0.15) is 0 Å². The number of hydrogen-bond acceptors (Lipinski definition) is 4. The van der Waals surface area contributed by atoms with E-state index in [1.807, 2.05) is 12.1 Å². The predicted octanol–water partition coefficient (Wildman–Crippen LogP) is 2.80. The molecular weight excluding hydrogens is 312 g/mol. The van der Waals surface area contributed by atoms with Gasteiger partial charge in [-0.15, -0.1) is 0 Å². The number of nitrogens with one attached hydrogen (secondary N) is 1. The molecule has 4 rings (SSSR count). The lowest BCUT2D eigenvalue weighted by Crippen LogP contribution is -2.45. The minimum Gasteiger partial charge on any atom is -0.496 e. The zero-order chi connectivity index (χ0) is 17.2. The van der Waals surface area contributed by atoms with E-state index < -0.39 is 0 Å². The third kappa shape index (κ3) is 3.13. The molecule has 1 unspecified atom stereocenters. The number of ether oxygens (including phenoxy) is 1. The second-order valence-electron chi connectivity index (χ2n) is 6.56. The van der Waals surface area contributed by atoms with Crippen LogP contribution in [0.15, 0.2) is 48.7 Å². The van der Waals surface area contributed by atoms with Crippen molar-refractivity contribution in [1.82, 2.24) is 19.6 Å². The van der Waals surface area contributed by atoms with E-state index in [4.69, 9.17) is 9.72 Å². The highest BCUT2D eigenvalue weighted by molar-refractivity contribution is 5.42. The molecule has 5 heteroatoms. The molecule has 1 atom stereocenters. The molecule has 0 bridgehead atoms. The summed E-state index contributed by atoms with van der Waals surface area (Å²) in [5.74, 6) is 0.951. The van der Waals surface area contributed by atoms with Gasteiger partial charge in [0.2, 0.25) is 0 Å². The van der Waals surface area contributed by atoms with Crippen LogP contribution in [0.25, 0.3) is 5.65 Å². The summed E-state index contributed by atoms with van der Waals surface area (Å²) in [5.41, 5.74) is 4.56. The molecule has 1 aromatic carbocycles. The Morgan fingerprint density at radius 3 is 2.92 bits per heavy atom. The number of pyridine rings is 1. The van der Waals surface area contributed by atoms with E-state index in [1.54, 1.807) is 7.11 Å². The van der Waals surface area contributed by atoms with E-state index in [-0.39, 0.29) is 6.04 Å². The third-order valence-electron chi connectivity index (χ3n) is 4.96. The van der Waals surface area contributed by atoms with Crippen LogP contribution in [0.4, 0.5) is 0 Å². The highest BCUT2D eigenvalue weighted by Gasteiger charge is 2.26. The van der Waals surface area contributed by atoms with E-state index in [0.717, 1.165) is 43.3 Å². The fraction of sp³-hybridized carbons (Fsp3) is 0.350. The van der Waals surface area contributed by atoms with Gasteiger partial charge >= 0.3 is 0 Å². The number of rotatable bonds is 4. The molecule has 0 saturated carbocycles. The number of nitrogens with zero attached hydrogens (tertiary/aromatic N) is 3. The van der Waals surface area contributed by atoms with Crippen molar-refractivity contribution < 1.29 is 4.74 Å². The van der Waals surface area contributed by atoms with Crippen LogP contribution < -0.4 is 10.1 Å². The van der Waals surface area contributed by atoms with Crippen molar-refractivity contribution in [2.24, 2.45) is 0 Å². The molecule has 3 aromatic rings. The number of piperazine rings is 1. The molecule has 130 valence electrons. The van der Waals surface area contributed by atoms with Gasteiger partial charge in [0.1, 0.15) is 11.4 Å². The lowest BCUT2D eigenvalue weighted by atomic mass is 10.0. The zero-order valence-electron chi connectivity index (χ0n) is 14.8. The molecule has 0 spiro atoms. The van der Waals surface area contributed by atoms with Crippen LogP contribution in [-0.4, -0.2) is 41.0 Å². The van der Waals surface area contributed by atoms with Crippen molar-refractivity contribution in [3.63, 3.8) is 0 Å². The Balaban J connectivity index is 1.63. The van der Waals surface area contributed by atoms with Gasteiger partial charge in [-0.3, -0.25) is 4.90 Å². The van der Waals surface area contributed by atoms with Crippen LogP contribution in [0.2, 0.25) is 0 Å². The van der Waals surface area contributed by atoms with Crippen molar-refractivity contribution in [2.45, 2.75) is 19.5 Å².